The topological polar surface area (TPSA) is 41.5 Å². The maximum atomic E-state index is 9.32. The highest BCUT2D eigenvalue weighted by Crippen LogP contribution is 2.27. The van der Waals surface area contributed by atoms with Gasteiger partial charge in [-0.15, -0.1) is 0 Å². The van der Waals surface area contributed by atoms with Crippen molar-refractivity contribution >= 4 is 0 Å². The Hall–Kier alpha value is -1.06. The highest BCUT2D eigenvalue weighted by molar-refractivity contribution is 5.37. The molecule has 1 fully saturated rings. The first-order valence-corrected chi connectivity index (χ1v) is 6.84. The molecule has 0 bridgehead atoms. The summed E-state index contributed by atoms with van der Waals surface area (Å²) >= 11 is 0. The van der Waals surface area contributed by atoms with Gasteiger partial charge in [-0.2, -0.15) is 0 Å². The molecule has 0 saturated heterocycles. The smallest absolute Gasteiger partial charge is 0.119 e. The van der Waals surface area contributed by atoms with Gasteiger partial charge in [0, 0.05) is 12.1 Å². The van der Waals surface area contributed by atoms with Crippen LogP contribution in [0.1, 0.15) is 30.4 Å². The van der Waals surface area contributed by atoms with E-state index in [9.17, 15) is 5.11 Å². The van der Waals surface area contributed by atoms with Gasteiger partial charge in [0.1, 0.15) is 5.75 Å². The third kappa shape index (κ3) is 2.38. The summed E-state index contributed by atoms with van der Waals surface area (Å²) < 4.78 is 5.29. The fourth-order valence-corrected chi connectivity index (χ4v) is 3.06. The second-order valence-corrected chi connectivity index (χ2v) is 5.56. The Balaban J connectivity index is 1.64. The second-order valence-electron chi connectivity index (χ2n) is 5.56. The molecule has 18 heavy (non-hydrogen) atoms. The van der Waals surface area contributed by atoms with Crippen molar-refractivity contribution in [2.45, 2.75) is 50.3 Å². The van der Waals surface area contributed by atoms with Crippen molar-refractivity contribution in [3.05, 3.63) is 29.3 Å². The molecule has 3 rings (SSSR count). The van der Waals surface area contributed by atoms with Crippen molar-refractivity contribution in [3.8, 4) is 5.75 Å². The molecule has 2 aliphatic rings. The number of hydrogen-bond donors (Lipinski definition) is 2. The molecule has 1 atom stereocenters. The number of rotatable bonds is 3. The first-order chi connectivity index (χ1) is 8.74. The first kappa shape index (κ1) is 12.0. The summed E-state index contributed by atoms with van der Waals surface area (Å²) in [4.78, 5) is 0. The Bertz CT molecular complexity index is 427. The Kier molecular flexibility index (Phi) is 3.27. The molecule has 0 amide bonds. The zero-order valence-electron chi connectivity index (χ0n) is 10.9. The van der Waals surface area contributed by atoms with Crippen LogP contribution in [-0.2, 0) is 12.8 Å². The Morgan fingerprint density at radius 3 is 2.78 bits per heavy atom. The van der Waals surface area contributed by atoms with Gasteiger partial charge in [-0.3, -0.25) is 0 Å². The minimum Gasteiger partial charge on any atom is -0.497 e. The number of aryl methyl sites for hydroxylation is 1. The van der Waals surface area contributed by atoms with Crippen LogP contribution in [0.4, 0.5) is 0 Å². The first-order valence-electron chi connectivity index (χ1n) is 6.84. The summed E-state index contributed by atoms with van der Waals surface area (Å²) in [6.45, 7) is 0. The molecule has 2 N–H and O–H groups in total. The molecule has 0 aromatic heterocycles. The molecule has 0 heterocycles. The summed E-state index contributed by atoms with van der Waals surface area (Å²) in [5.41, 5.74) is 2.88. The molecule has 3 nitrogen and oxygen atoms in total. The molecule has 1 aromatic carbocycles. The SMILES string of the molecule is COc1ccc2c(c1)CC(NC1CC(O)C1)CC2. The lowest BCUT2D eigenvalue weighted by Crippen LogP contribution is -2.50. The van der Waals surface area contributed by atoms with Crippen LogP contribution in [0.5, 0.6) is 5.75 Å². The number of benzene rings is 1. The summed E-state index contributed by atoms with van der Waals surface area (Å²) in [7, 11) is 1.72. The van der Waals surface area contributed by atoms with Gasteiger partial charge in [-0.25, -0.2) is 0 Å². The molecule has 0 radical (unpaired) electrons. The van der Waals surface area contributed by atoms with Gasteiger partial charge in [0.2, 0.25) is 0 Å². The highest BCUT2D eigenvalue weighted by Gasteiger charge is 2.30. The molecule has 3 heteroatoms. The lowest BCUT2D eigenvalue weighted by molar-refractivity contribution is 0.0569. The summed E-state index contributed by atoms with van der Waals surface area (Å²) in [6, 6.07) is 7.49. The number of nitrogens with one attached hydrogen (secondary N) is 1. The van der Waals surface area contributed by atoms with Gasteiger partial charge in [-0.05, 0) is 55.4 Å². The average Bonchev–Trinajstić information content (AvgIpc) is 2.36. The molecule has 1 unspecified atom stereocenters. The monoisotopic (exact) mass is 247 g/mol. The minimum atomic E-state index is -0.0709. The number of fused-ring (bicyclic) bond motifs is 1. The van der Waals surface area contributed by atoms with E-state index in [-0.39, 0.29) is 6.10 Å². The van der Waals surface area contributed by atoms with Crippen LogP contribution in [0.3, 0.4) is 0 Å². The Morgan fingerprint density at radius 2 is 2.06 bits per heavy atom. The van der Waals surface area contributed by atoms with E-state index in [0.717, 1.165) is 31.4 Å². The molecule has 1 saturated carbocycles. The number of aliphatic hydroxyl groups is 1. The van der Waals surface area contributed by atoms with E-state index < -0.39 is 0 Å². The third-order valence-electron chi connectivity index (χ3n) is 4.23. The van der Waals surface area contributed by atoms with Crippen LogP contribution in [0.15, 0.2) is 18.2 Å². The number of hydrogen-bond acceptors (Lipinski definition) is 3. The highest BCUT2D eigenvalue weighted by atomic mass is 16.5. The zero-order chi connectivity index (χ0) is 12.5. The van der Waals surface area contributed by atoms with Gasteiger partial charge in [0.15, 0.2) is 0 Å². The van der Waals surface area contributed by atoms with E-state index in [1.807, 2.05) is 0 Å². The van der Waals surface area contributed by atoms with Gasteiger partial charge in [0.05, 0.1) is 13.2 Å². The summed E-state index contributed by atoms with van der Waals surface area (Å²) in [5, 5.41) is 13.0. The van der Waals surface area contributed by atoms with E-state index >= 15 is 0 Å². The van der Waals surface area contributed by atoms with Crippen molar-refractivity contribution in [2.75, 3.05) is 7.11 Å². The standard InChI is InChI=1S/C15H21NO2/c1-18-15-5-3-10-2-4-12(6-11(10)7-15)16-13-8-14(17)9-13/h3,5,7,12-14,16-17H,2,4,6,8-9H2,1H3. The third-order valence-corrected chi connectivity index (χ3v) is 4.23. The van der Waals surface area contributed by atoms with E-state index in [0.29, 0.717) is 12.1 Å². The van der Waals surface area contributed by atoms with Crippen molar-refractivity contribution in [1.29, 1.82) is 0 Å². The van der Waals surface area contributed by atoms with Crippen LogP contribution in [0.2, 0.25) is 0 Å². The predicted molar refractivity (Wildman–Crippen MR) is 71.0 cm³/mol. The molecule has 0 spiro atoms. The van der Waals surface area contributed by atoms with Crippen molar-refractivity contribution < 1.29 is 9.84 Å². The molecule has 1 aromatic rings. The van der Waals surface area contributed by atoms with Crippen LogP contribution in [0, 0.1) is 0 Å². The van der Waals surface area contributed by atoms with Crippen LogP contribution < -0.4 is 10.1 Å². The van der Waals surface area contributed by atoms with Crippen molar-refractivity contribution in [3.63, 3.8) is 0 Å². The van der Waals surface area contributed by atoms with Gasteiger partial charge in [-0.1, -0.05) is 6.07 Å². The summed E-state index contributed by atoms with van der Waals surface area (Å²) in [6.07, 6.45) is 5.19. The molecule has 98 valence electrons. The molecular formula is C15H21NO2. The van der Waals surface area contributed by atoms with Gasteiger partial charge < -0.3 is 15.2 Å². The molecular weight excluding hydrogens is 226 g/mol. The van der Waals surface area contributed by atoms with Gasteiger partial charge >= 0.3 is 0 Å². The number of aliphatic hydroxyl groups excluding tert-OH is 1. The lowest BCUT2D eigenvalue weighted by atomic mass is 9.84. The van der Waals surface area contributed by atoms with Crippen LogP contribution >= 0.6 is 0 Å². The van der Waals surface area contributed by atoms with Crippen LogP contribution in [0.25, 0.3) is 0 Å². The summed E-state index contributed by atoms with van der Waals surface area (Å²) in [5.74, 6) is 0.952. The quantitative estimate of drug-likeness (QED) is 0.853. The van der Waals surface area contributed by atoms with Crippen LogP contribution in [-0.4, -0.2) is 30.4 Å². The fourth-order valence-electron chi connectivity index (χ4n) is 3.06. The lowest BCUT2D eigenvalue weighted by Gasteiger charge is -2.37. The minimum absolute atomic E-state index is 0.0709. The number of ether oxygens (including phenoxy) is 1. The second kappa shape index (κ2) is 4.90. The largest absolute Gasteiger partial charge is 0.497 e. The average molecular weight is 247 g/mol. The fraction of sp³-hybridized carbons (Fsp3) is 0.600. The van der Waals surface area contributed by atoms with E-state index in [1.54, 1.807) is 7.11 Å². The maximum absolute atomic E-state index is 9.32. The Labute approximate surface area is 108 Å². The van der Waals surface area contributed by atoms with Gasteiger partial charge in [0.25, 0.3) is 0 Å². The number of methoxy groups -OCH3 is 1. The predicted octanol–water partition coefficient (Wildman–Crippen LogP) is 1.67. The van der Waals surface area contributed by atoms with E-state index in [1.165, 1.54) is 17.5 Å². The molecule has 2 aliphatic carbocycles. The molecule has 0 aliphatic heterocycles. The van der Waals surface area contributed by atoms with E-state index in [4.69, 9.17) is 4.74 Å². The van der Waals surface area contributed by atoms with Crippen molar-refractivity contribution in [2.24, 2.45) is 0 Å². The zero-order valence-corrected chi connectivity index (χ0v) is 10.9. The van der Waals surface area contributed by atoms with Crippen molar-refractivity contribution in [1.82, 2.24) is 5.32 Å². The Morgan fingerprint density at radius 1 is 1.22 bits per heavy atom. The maximum Gasteiger partial charge on any atom is 0.119 e. The van der Waals surface area contributed by atoms with E-state index in [2.05, 4.69) is 23.5 Å². The normalized spacial score (nSPS) is 30.4.